The smallest absolute Gasteiger partial charge is 0.328 e. The third-order valence-corrected chi connectivity index (χ3v) is 7.00. The fraction of sp³-hybridized carbons (Fsp3) is 0.524. The topological polar surface area (TPSA) is 126 Å². The van der Waals surface area contributed by atoms with E-state index in [0.717, 1.165) is 16.5 Å². The molecule has 0 saturated heterocycles. The molecule has 1 heterocycles. The van der Waals surface area contributed by atoms with E-state index in [1.54, 1.807) is 6.20 Å². The maximum Gasteiger partial charge on any atom is 0.328 e. The summed E-state index contributed by atoms with van der Waals surface area (Å²) in [5.74, 6) is -2.41. The van der Waals surface area contributed by atoms with Crippen molar-refractivity contribution in [3.63, 3.8) is 0 Å². The molecule has 0 spiro atoms. The summed E-state index contributed by atoms with van der Waals surface area (Å²) in [7, 11) is -3.45. The van der Waals surface area contributed by atoms with Gasteiger partial charge in [0.1, 0.15) is 6.04 Å². The van der Waals surface area contributed by atoms with Crippen LogP contribution < -0.4 is 5.11 Å². The molecule has 160 valence electrons. The molecule has 3 atom stereocenters. The lowest BCUT2D eigenvalue weighted by Crippen LogP contribution is -2.35. The molecule has 7 nitrogen and oxygen atoms in total. The first kappa shape index (κ1) is 23.2. The molecule has 0 aliphatic carbocycles. The van der Waals surface area contributed by atoms with Crippen molar-refractivity contribution in [1.29, 1.82) is 0 Å². The zero-order valence-corrected chi connectivity index (χ0v) is 18.1. The highest BCUT2D eigenvalue weighted by Crippen LogP contribution is 2.44. The second-order valence-electron chi connectivity index (χ2n) is 7.96. The Kier molecular flexibility index (Phi) is 8.05. The first-order valence-electron chi connectivity index (χ1n) is 9.96. The van der Waals surface area contributed by atoms with Crippen LogP contribution in [0.5, 0.6) is 0 Å². The monoisotopic (exact) mass is 421 g/mol. The second-order valence-corrected chi connectivity index (χ2v) is 10.5. The third kappa shape index (κ3) is 6.72. The van der Waals surface area contributed by atoms with Crippen LogP contribution in [0.4, 0.5) is 0 Å². The number of fused-ring (bicyclic) bond motifs is 1. The molecule has 29 heavy (non-hydrogen) atoms. The molecule has 2 aromatic rings. The molecule has 1 aromatic heterocycles. The van der Waals surface area contributed by atoms with E-state index in [2.05, 4.69) is 9.98 Å². The first-order chi connectivity index (χ1) is 13.6. The van der Waals surface area contributed by atoms with Gasteiger partial charge in [-0.2, -0.15) is 0 Å². The van der Waals surface area contributed by atoms with E-state index in [-0.39, 0.29) is 24.7 Å². The van der Waals surface area contributed by atoms with Gasteiger partial charge in [0.15, 0.2) is 0 Å². The summed E-state index contributed by atoms with van der Waals surface area (Å²) < 4.78 is 12.4. The van der Waals surface area contributed by atoms with Gasteiger partial charge in [0.25, 0.3) is 0 Å². The number of hydrogen-bond donors (Lipinski definition) is 3. The van der Waals surface area contributed by atoms with E-state index in [4.69, 9.17) is 0 Å². The Bertz CT molecular complexity index is 905. The van der Waals surface area contributed by atoms with Gasteiger partial charge in [0.2, 0.25) is 7.37 Å². The van der Waals surface area contributed by atoms with Crippen molar-refractivity contribution in [1.82, 2.24) is 4.98 Å². The van der Waals surface area contributed by atoms with Crippen LogP contribution in [0.15, 0.2) is 35.5 Å². The molecule has 0 amide bonds. The number of hydrogen-bond acceptors (Lipinski definition) is 4. The molecule has 0 radical (unpaired) electrons. The van der Waals surface area contributed by atoms with Crippen LogP contribution >= 0.6 is 7.37 Å². The minimum atomic E-state index is -3.45. The summed E-state index contributed by atoms with van der Waals surface area (Å²) in [4.78, 5) is 29.0. The largest absolute Gasteiger partial charge is 0.862 e. The van der Waals surface area contributed by atoms with Gasteiger partial charge in [-0.1, -0.05) is 39.0 Å². The zero-order chi connectivity index (χ0) is 21.6. The summed E-state index contributed by atoms with van der Waals surface area (Å²) >= 11 is 0. The molecule has 0 bridgehead atoms. The number of nitrogens with zero attached hydrogens (tertiary/aromatic N) is 1. The van der Waals surface area contributed by atoms with E-state index in [1.165, 1.54) is 0 Å². The number of carboxylic acids is 1. The Morgan fingerprint density at radius 3 is 2.62 bits per heavy atom. The molecule has 8 heteroatoms. The number of nitrogens with one attached hydrogen (secondary N) is 1. The molecule has 2 rings (SSSR count). The Morgan fingerprint density at radius 2 is 2.00 bits per heavy atom. The molecule has 0 aliphatic heterocycles. The van der Waals surface area contributed by atoms with Crippen molar-refractivity contribution in [3.05, 3.63) is 36.0 Å². The maximum absolute atomic E-state index is 12.8. The molecule has 0 aliphatic rings. The van der Waals surface area contributed by atoms with E-state index in [0.29, 0.717) is 12.8 Å². The highest BCUT2D eigenvalue weighted by atomic mass is 31.2. The molecular formula is C21H30N2O5P-. The van der Waals surface area contributed by atoms with E-state index in [9.17, 15) is 24.5 Å². The predicted molar refractivity (Wildman–Crippen MR) is 114 cm³/mol. The minimum Gasteiger partial charge on any atom is -0.862 e. The SMILES string of the molecule is CCCP(=O)(O)C[C@@H](CC(C)C)C([O-])=N[C@@H](Cc1c[nH]c2ccccc12)C(=O)O. The van der Waals surface area contributed by atoms with Crippen LogP contribution in [-0.4, -0.2) is 45.2 Å². The Labute approximate surface area is 171 Å². The average Bonchev–Trinajstić information content (AvgIpc) is 3.03. The normalized spacial score (nSPS) is 16.7. The van der Waals surface area contributed by atoms with E-state index >= 15 is 0 Å². The van der Waals surface area contributed by atoms with Gasteiger partial charge in [-0.25, -0.2) is 4.79 Å². The number of benzene rings is 1. The predicted octanol–water partition coefficient (Wildman–Crippen LogP) is 3.27. The summed E-state index contributed by atoms with van der Waals surface area (Å²) in [6.07, 6.45) is 2.75. The van der Waals surface area contributed by atoms with E-state index in [1.807, 2.05) is 45.0 Å². The molecule has 1 aromatic carbocycles. The Balaban J connectivity index is 2.27. The van der Waals surface area contributed by atoms with Gasteiger partial charge in [0.05, 0.1) is 0 Å². The number of aromatic nitrogens is 1. The van der Waals surface area contributed by atoms with Crippen molar-refractivity contribution in [2.24, 2.45) is 16.8 Å². The van der Waals surface area contributed by atoms with Gasteiger partial charge < -0.3 is 20.1 Å². The van der Waals surface area contributed by atoms with Crippen LogP contribution in [0, 0.1) is 11.8 Å². The van der Waals surface area contributed by atoms with Crippen LogP contribution in [0.1, 0.15) is 39.2 Å². The van der Waals surface area contributed by atoms with Crippen molar-refractivity contribution in [3.8, 4) is 0 Å². The van der Waals surface area contributed by atoms with Crippen LogP contribution in [0.3, 0.4) is 0 Å². The molecule has 0 fully saturated rings. The minimum absolute atomic E-state index is 0.0746. The lowest BCUT2D eigenvalue weighted by Gasteiger charge is -2.28. The number of H-pyrrole nitrogens is 1. The number of carbonyl (C=O) groups is 1. The number of rotatable bonds is 11. The zero-order valence-electron chi connectivity index (χ0n) is 17.2. The molecule has 0 saturated carbocycles. The van der Waals surface area contributed by atoms with Gasteiger partial charge in [0, 0.05) is 35.8 Å². The van der Waals surface area contributed by atoms with Gasteiger partial charge >= 0.3 is 5.97 Å². The highest BCUT2D eigenvalue weighted by Gasteiger charge is 2.26. The number of aliphatic carboxylic acids is 1. The van der Waals surface area contributed by atoms with Gasteiger partial charge in [-0.15, -0.1) is 0 Å². The maximum atomic E-state index is 12.8. The lowest BCUT2D eigenvalue weighted by atomic mass is 9.98. The van der Waals surface area contributed by atoms with E-state index < -0.39 is 31.2 Å². The van der Waals surface area contributed by atoms with Gasteiger partial charge in [-0.3, -0.25) is 9.56 Å². The fourth-order valence-corrected chi connectivity index (χ4v) is 5.44. The summed E-state index contributed by atoms with van der Waals surface area (Å²) in [5.41, 5.74) is 1.65. The second kappa shape index (κ2) is 10.1. The summed E-state index contributed by atoms with van der Waals surface area (Å²) in [6, 6.07) is 6.28. The Hall–Kier alpha value is -2.11. The standard InChI is InChI=1S/C21H31N2O5P/c1-4-9-29(27,28)13-16(10-14(2)3)20(24)23-19(21(25)26)11-15-12-22-18-8-6-5-7-17(15)18/h5-8,12,14,16,19,22H,4,9-11,13H2,1-3H3,(H,23,24)(H,25,26)(H,27,28)/p-1/t16-,19+/m1/s1. The number of carboxylic acid groups (broad SMARTS) is 1. The number of aliphatic imine (C=N–C) groups is 1. The highest BCUT2D eigenvalue weighted by molar-refractivity contribution is 7.58. The van der Waals surface area contributed by atoms with Crippen LogP contribution in [0.25, 0.3) is 10.9 Å². The number of aromatic amines is 1. The quantitative estimate of drug-likeness (QED) is 0.292. The first-order valence-corrected chi connectivity index (χ1v) is 12.0. The van der Waals surface area contributed by atoms with Crippen molar-refractivity contribution < 1.29 is 24.5 Å². The third-order valence-electron chi connectivity index (χ3n) is 4.84. The van der Waals surface area contributed by atoms with Crippen molar-refractivity contribution in [2.45, 2.75) is 46.1 Å². The average molecular weight is 421 g/mol. The van der Waals surface area contributed by atoms with Crippen molar-refractivity contribution in [2.75, 3.05) is 12.3 Å². The summed E-state index contributed by atoms with van der Waals surface area (Å²) in [6.45, 7) is 5.65. The van der Waals surface area contributed by atoms with Crippen molar-refractivity contribution >= 4 is 30.1 Å². The van der Waals surface area contributed by atoms with Crippen LogP contribution in [-0.2, 0) is 15.8 Å². The summed E-state index contributed by atoms with van der Waals surface area (Å²) in [5, 5.41) is 23.3. The molecule has 3 N–H and O–H groups in total. The number of para-hydroxylation sites is 1. The van der Waals surface area contributed by atoms with Crippen LogP contribution in [0.2, 0.25) is 0 Å². The fourth-order valence-electron chi connectivity index (χ4n) is 3.56. The molecule has 1 unspecified atom stereocenters. The molecular weight excluding hydrogens is 391 g/mol. The lowest BCUT2D eigenvalue weighted by molar-refractivity contribution is -0.224. The van der Waals surface area contributed by atoms with Gasteiger partial charge in [-0.05, 0) is 42.2 Å². The Morgan fingerprint density at radius 1 is 1.31 bits per heavy atom.